The molecule has 4 rings (SSSR count). The van der Waals surface area contributed by atoms with Gasteiger partial charge in [0.1, 0.15) is 0 Å². The largest absolute Gasteiger partial charge is 0.493 e. The standard InChI is InChI=1S/C20H23N3O2.C2HF3O2/c1-24-19-9-14-4-3-5-17(16(14)10-20(19)25-2)21-11-13-6-7-15-12-22-23-18(15)8-13;3-2(4,5)1(6)7/h6-10,12,17,21H,3-5,11H2,1-2H3,(H,22,23);(H,6,7). The van der Waals surface area contributed by atoms with E-state index in [4.69, 9.17) is 19.4 Å². The van der Waals surface area contributed by atoms with E-state index >= 15 is 0 Å². The molecule has 7 nitrogen and oxygen atoms in total. The van der Waals surface area contributed by atoms with Crippen LogP contribution < -0.4 is 14.8 Å². The smallest absolute Gasteiger partial charge is 0.490 e. The van der Waals surface area contributed by atoms with Gasteiger partial charge in [0.25, 0.3) is 0 Å². The maximum atomic E-state index is 10.6. The fourth-order valence-electron chi connectivity index (χ4n) is 3.68. The molecule has 1 unspecified atom stereocenters. The number of carboxylic acids is 1. The number of aliphatic carboxylic acids is 1. The minimum atomic E-state index is -5.08. The molecule has 0 aliphatic heterocycles. The van der Waals surface area contributed by atoms with Crippen LogP contribution in [0.2, 0.25) is 0 Å². The van der Waals surface area contributed by atoms with Gasteiger partial charge in [-0.1, -0.05) is 12.1 Å². The van der Waals surface area contributed by atoms with Gasteiger partial charge in [0.15, 0.2) is 11.5 Å². The average Bonchev–Trinajstić information content (AvgIpc) is 3.24. The minimum Gasteiger partial charge on any atom is -0.493 e. The lowest BCUT2D eigenvalue weighted by atomic mass is 9.87. The lowest BCUT2D eigenvalue weighted by Gasteiger charge is -2.28. The van der Waals surface area contributed by atoms with Gasteiger partial charge in [-0.05, 0) is 54.2 Å². The number of aromatic amines is 1. The van der Waals surface area contributed by atoms with Gasteiger partial charge in [0, 0.05) is 18.0 Å². The van der Waals surface area contributed by atoms with Gasteiger partial charge in [-0.2, -0.15) is 18.3 Å². The number of halogens is 3. The van der Waals surface area contributed by atoms with Crippen LogP contribution in [0.15, 0.2) is 36.5 Å². The summed E-state index contributed by atoms with van der Waals surface area (Å²) in [5, 5.41) is 19.1. The van der Waals surface area contributed by atoms with Crippen LogP contribution in [0.5, 0.6) is 11.5 Å². The number of hydrogen-bond donors (Lipinski definition) is 3. The summed E-state index contributed by atoms with van der Waals surface area (Å²) < 4.78 is 42.7. The van der Waals surface area contributed by atoms with Gasteiger partial charge >= 0.3 is 12.1 Å². The van der Waals surface area contributed by atoms with E-state index in [-0.39, 0.29) is 0 Å². The predicted octanol–water partition coefficient (Wildman–Crippen LogP) is 4.38. The fourth-order valence-corrected chi connectivity index (χ4v) is 3.68. The lowest BCUT2D eigenvalue weighted by molar-refractivity contribution is -0.192. The van der Waals surface area contributed by atoms with Crippen molar-refractivity contribution >= 4 is 16.9 Å². The van der Waals surface area contributed by atoms with Crippen molar-refractivity contribution in [1.29, 1.82) is 0 Å². The van der Waals surface area contributed by atoms with E-state index in [2.05, 4.69) is 45.8 Å². The Hall–Kier alpha value is -3.27. The molecule has 1 aliphatic rings. The fraction of sp³-hybridized carbons (Fsp3) is 0.364. The number of ether oxygens (including phenoxy) is 2. The van der Waals surface area contributed by atoms with E-state index in [9.17, 15) is 13.2 Å². The summed E-state index contributed by atoms with van der Waals surface area (Å²) in [5.41, 5.74) is 5.01. The van der Waals surface area contributed by atoms with E-state index in [0.717, 1.165) is 41.8 Å². The first-order chi connectivity index (χ1) is 15.2. The van der Waals surface area contributed by atoms with Crippen LogP contribution in [0.25, 0.3) is 10.9 Å². The first-order valence-electron chi connectivity index (χ1n) is 9.93. The van der Waals surface area contributed by atoms with E-state index in [1.54, 1.807) is 14.2 Å². The van der Waals surface area contributed by atoms with Crippen molar-refractivity contribution in [2.45, 2.75) is 38.0 Å². The number of carbonyl (C=O) groups is 1. The number of nitrogens with one attached hydrogen (secondary N) is 2. The Balaban J connectivity index is 0.000000360. The van der Waals surface area contributed by atoms with Crippen LogP contribution in [0, 0.1) is 0 Å². The highest BCUT2D eigenvalue weighted by molar-refractivity contribution is 5.78. The van der Waals surface area contributed by atoms with Gasteiger partial charge in [-0.15, -0.1) is 0 Å². The second-order valence-electron chi connectivity index (χ2n) is 7.33. The summed E-state index contributed by atoms with van der Waals surface area (Å²) in [5.74, 6) is -1.15. The number of alkyl halides is 3. The number of aromatic nitrogens is 2. The van der Waals surface area contributed by atoms with Crippen molar-refractivity contribution < 1.29 is 32.5 Å². The van der Waals surface area contributed by atoms with Gasteiger partial charge < -0.3 is 19.9 Å². The molecule has 0 saturated heterocycles. The van der Waals surface area contributed by atoms with Crippen molar-refractivity contribution in [3.05, 3.63) is 53.2 Å². The van der Waals surface area contributed by atoms with Gasteiger partial charge in [-0.25, -0.2) is 4.79 Å². The number of nitrogens with zero attached hydrogens (tertiary/aromatic N) is 1. The molecule has 0 fully saturated rings. The number of fused-ring (bicyclic) bond motifs is 2. The number of aryl methyl sites for hydroxylation is 1. The van der Waals surface area contributed by atoms with Crippen LogP contribution in [-0.2, 0) is 17.8 Å². The molecule has 3 aromatic rings. The molecule has 2 aromatic carbocycles. The molecule has 0 radical (unpaired) electrons. The average molecular weight is 451 g/mol. The molecule has 10 heteroatoms. The van der Waals surface area contributed by atoms with Crippen molar-refractivity contribution in [1.82, 2.24) is 15.5 Å². The zero-order valence-electron chi connectivity index (χ0n) is 17.6. The second kappa shape index (κ2) is 9.90. The van der Waals surface area contributed by atoms with Crippen molar-refractivity contribution in [3.8, 4) is 11.5 Å². The van der Waals surface area contributed by atoms with Crippen LogP contribution in [0.1, 0.15) is 35.6 Å². The molecular formula is C22H24F3N3O4. The maximum Gasteiger partial charge on any atom is 0.490 e. The summed E-state index contributed by atoms with van der Waals surface area (Å²) in [7, 11) is 3.38. The zero-order chi connectivity index (χ0) is 23.3. The molecule has 1 aromatic heterocycles. The monoisotopic (exact) mass is 451 g/mol. The third kappa shape index (κ3) is 5.50. The predicted molar refractivity (Wildman–Crippen MR) is 112 cm³/mol. The highest BCUT2D eigenvalue weighted by atomic mass is 19.4. The first kappa shape index (κ1) is 23.4. The highest BCUT2D eigenvalue weighted by Crippen LogP contribution is 2.38. The minimum absolute atomic E-state index is 0.334. The molecule has 0 bridgehead atoms. The first-order valence-corrected chi connectivity index (χ1v) is 9.93. The van der Waals surface area contributed by atoms with Crippen LogP contribution >= 0.6 is 0 Å². The maximum absolute atomic E-state index is 10.6. The SMILES string of the molecule is COc1cc2c(cc1OC)C(NCc1ccc3cn[nH]c3c1)CCC2.O=C(O)C(F)(F)F. The molecule has 0 saturated carbocycles. The molecule has 1 atom stereocenters. The Labute approximate surface area is 182 Å². The Morgan fingerprint density at radius 3 is 2.56 bits per heavy atom. The summed E-state index contributed by atoms with van der Waals surface area (Å²) >= 11 is 0. The van der Waals surface area contributed by atoms with E-state index in [1.807, 2.05) is 6.20 Å². The molecule has 0 spiro atoms. The number of carboxylic acid groups (broad SMARTS) is 1. The third-order valence-electron chi connectivity index (χ3n) is 5.26. The lowest BCUT2D eigenvalue weighted by Crippen LogP contribution is -2.25. The van der Waals surface area contributed by atoms with Crippen LogP contribution in [0.4, 0.5) is 13.2 Å². The highest BCUT2D eigenvalue weighted by Gasteiger charge is 2.38. The van der Waals surface area contributed by atoms with Crippen molar-refractivity contribution in [3.63, 3.8) is 0 Å². The number of hydrogen-bond acceptors (Lipinski definition) is 5. The number of rotatable bonds is 5. The molecule has 3 N–H and O–H groups in total. The second-order valence-corrected chi connectivity index (χ2v) is 7.33. The van der Waals surface area contributed by atoms with Crippen molar-refractivity contribution in [2.75, 3.05) is 14.2 Å². The van der Waals surface area contributed by atoms with Gasteiger partial charge in [0.05, 0.1) is 25.9 Å². The Morgan fingerprint density at radius 1 is 1.22 bits per heavy atom. The Bertz CT molecular complexity index is 1080. The van der Waals surface area contributed by atoms with Gasteiger partial charge in [0.2, 0.25) is 0 Å². The molecule has 32 heavy (non-hydrogen) atoms. The zero-order valence-corrected chi connectivity index (χ0v) is 17.6. The quantitative estimate of drug-likeness (QED) is 0.533. The van der Waals surface area contributed by atoms with E-state index < -0.39 is 12.1 Å². The summed E-state index contributed by atoms with van der Waals surface area (Å²) in [4.78, 5) is 8.90. The Kier molecular flexibility index (Phi) is 7.24. The molecule has 1 heterocycles. The molecule has 172 valence electrons. The molecule has 1 aliphatic carbocycles. The molecule has 0 amide bonds. The summed E-state index contributed by atoms with van der Waals surface area (Å²) in [6.07, 6.45) is 0.173. The van der Waals surface area contributed by atoms with E-state index in [0.29, 0.717) is 6.04 Å². The summed E-state index contributed by atoms with van der Waals surface area (Å²) in [6, 6.07) is 11.0. The topological polar surface area (TPSA) is 96.5 Å². The third-order valence-corrected chi connectivity index (χ3v) is 5.26. The Morgan fingerprint density at radius 2 is 1.91 bits per heavy atom. The van der Waals surface area contributed by atoms with E-state index in [1.165, 1.54) is 23.1 Å². The van der Waals surface area contributed by atoms with Crippen LogP contribution in [-0.4, -0.2) is 41.7 Å². The molecular weight excluding hydrogens is 427 g/mol. The van der Waals surface area contributed by atoms with Crippen LogP contribution in [0.3, 0.4) is 0 Å². The number of H-pyrrole nitrogens is 1. The van der Waals surface area contributed by atoms with Gasteiger partial charge in [-0.3, -0.25) is 5.10 Å². The summed E-state index contributed by atoms with van der Waals surface area (Å²) in [6.45, 7) is 0.827. The number of benzene rings is 2. The van der Waals surface area contributed by atoms with Crippen molar-refractivity contribution in [2.24, 2.45) is 0 Å². The normalized spacial score (nSPS) is 15.5. The number of methoxy groups -OCH3 is 2.